The van der Waals surface area contributed by atoms with Crippen LogP contribution in [0.1, 0.15) is 63.1 Å². The predicted octanol–water partition coefficient (Wildman–Crippen LogP) is 4.05. The number of nitrogens with zero attached hydrogens (tertiary/aromatic N) is 1. The van der Waals surface area contributed by atoms with Crippen molar-refractivity contribution in [2.45, 2.75) is 66.2 Å². The lowest BCUT2D eigenvalue weighted by atomic mass is 10.1. The van der Waals surface area contributed by atoms with Gasteiger partial charge in [0.05, 0.1) is 0 Å². The molecule has 1 aromatic heterocycles. The first-order valence-corrected chi connectivity index (χ1v) is 7.06. The van der Waals surface area contributed by atoms with Crippen molar-refractivity contribution in [3.63, 3.8) is 0 Å². The van der Waals surface area contributed by atoms with Crippen molar-refractivity contribution in [1.82, 2.24) is 4.57 Å². The molecule has 3 rings (SSSR count). The summed E-state index contributed by atoms with van der Waals surface area (Å²) in [7, 11) is 2.26. The van der Waals surface area contributed by atoms with Gasteiger partial charge in [0.1, 0.15) is 0 Å². The van der Waals surface area contributed by atoms with Crippen LogP contribution in [-0.4, -0.2) is 4.57 Å². The zero-order valence-corrected chi connectivity index (χ0v) is 11.7. The third kappa shape index (κ3) is 2.05. The summed E-state index contributed by atoms with van der Waals surface area (Å²) in [5.74, 6) is 0. The molecule has 0 aromatic carbocycles. The summed E-state index contributed by atoms with van der Waals surface area (Å²) in [6.45, 7) is 8.00. The topological polar surface area (TPSA) is 4.93 Å². The normalized spacial score (nSPS) is 15.6. The minimum Gasteiger partial charge on any atom is -0.351 e. The summed E-state index contributed by atoms with van der Waals surface area (Å²) < 4.78 is 2.48. The highest BCUT2D eigenvalue weighted by Crippen LogP contribution is 2.35. The third-order valence-corrected chi connectivity index (χ3v) is 3.55. The highest BCUT2D eigenvalue weighted by molar-refractivity contribution is 5.43. The van der Waals surface area contributed by atoms with Gasteiger partial charge in [-0.25, -0.2) is 0 Å². The lowest BCUT2D eigenvalue weighted by Gasteiger charge is -2.02. The van der Waals surface area contributed by atoms with Gasteiger partial charge in [0.25, 0.3) is 0 Å². The van der Waals surface area contributed by atoms with E-state index in [4.69, 9.17) is 0 Å². The van der Waals surface area contributed by atoms with Crippen LogP contribution in [0.2, 0.25) is 0 Å². The van der Waals surface area contributed by atoms with Gasteiger partial charge in [-0.15, -0.1) is 0 Å². The molecule has 0 spiro atoms. The third-order valence-electron chi connectivity index (χ3n) is 3.55. The van der Waals surface area contributed by atoms with Gasteiger partial charge in [-0.3, -0.25) is 0 Å². The minimum absolute atomic E-state index is 1.33. The number of rotatable bonds is 0. The average Bonchev–Trinajstić information content (AvgIpc) is 3.04. The van der Waals surface area contributed by atoms with Gasteiger partial charge in [0, 0.05) is 18.4 Å². The van der Waals surface area contributed by atoms with E-state index in [2.05, 4.69) is 11.6 Å². The molecule has 0 fully saturated rings. The second kappa shape index (κ2) is 6.12. The average molecular weight is 221 g/mol. The standard InChI is InChI=1S/C11H15N.2C2H6/c1-12-10-6-2-4-8(10)9-5-3-7-11(9)12;2*1-2/h2-7H2,1H3;2*1-2H3. The molecule has 2 aliphatic carbocycles. The maximum Gasteiger partial charge on any atom is 0.0209 e. The van der Waals surface area contributed by atoms with Gasteiger partial charge in [-0.05, 0) is 49.7 Å². The molecule has 2 aliphatic rings. The highest BCUT2D eigenvalue weighted by Gasteiger charge is 2.26. The Bertz CT molecular complexity index is 302. The number of aromatic nitrogens is 1. The second-order valence-corrected chi connectivity index (χ2v) is 4.12. The van der Waals surface area contributed by atoms with Crippen molar-refractivity contribution in [3.05, 3.63) is 22.5 Å². The van der Waals surface area contributed by atoms with Crippen LogP contribution in [0.3, 0.4) is 0 Å². The molecule has 1 aromatic rings. The Morgan fingerprint density at radius 1 is 0.688 bits per heavy atom. The Balaban J connectivity index is 0.000000291. The van der Waals surface area contributed by atoms with Crippen molar-refractivity contribution in [2.75, 3.05) is 0 Å². The maximum absolute atomic E-state index is 2.48. The fraction of sp³-hybridized carbons (Fsp3) is 0.733. The van der Waals surface area contributed by atoms with Crippen molar-refractivity contribution >= 4 is 0 Å². The molecule has 0 aliphatic heterocycles. The van der Waals surface area contributed by atoms with Gasteiger partial charge in [0.2, 0.25) is 0 Å². The molecule has 1 heteroatoms. The van der Waals surface area contributed by atoms with Crippen LogP contribution in [0.15, 0.2) is 0 Å². The molecule has 0 N–H and O–H groups in total. The molecule has 0 saturated heterocycles. The Hall–Kier alpha value is -0.720. The van der Waals surface area contributed by atoms with Crippen molar-refractivity contribution in [2.24, 2.45) is 7.05 Å². The molecular weight excluding hydrogens is 194 g/mol. The SMILES string of the molecule is CC.CC.Cn1c2c(c3c1CCC3)CCC2. The van der Waals surface area contributed by atoms with Crippen molar-refractivity contribution < 1.29 is 0 Å². The molecule has 92 valence electrons. The van der Waals surface area contributed by atoms with Gasteiger partial charge >= 0.3 is 0 Å². The van der Waals surface area contributed by atoms with E-state index >= 15 is 0 Å². The summed E-state index contributed by atoms with van der Waals surface area (Å²) >= 11 is 0. The Kier molecular flexibility index (Phi) is 5.11. The van der Waals surface area contributed by atoms with Gasteiger partial charge in [-0.1, -0.05) is 27.7 Å². The highest BCUT2D eigenvalue weighted by atomic mass is 15.0. The van der Waals surface area contributed by atoms with E-state index in [9.17, 15) is 0 Å². The first-order chi connectivity index (χ1) is 7.88. The first-order valence-electron chi connectivity index (χ1n) is 7.06. The largest absolute Gasteiger partial charge is 0.351 e. The van der Waals surface area contributed by atoms with Crippen LogP contribution in [-0.2, 0) is 32.7 Å². The lowest BCUT2D eigenvalue weighted by Crippen LogP contribution is -1.98. The van der Waals surface area contributed by atoms with Crippen LogP contribution in [0.25, 0.3) is 0 Å². The summed E-state index contributed by atoms with van der Waals surface area (Å²) in [6.07, 6.45) is 8.17. The Labute approximate surface area is 101 Å². The van der Waals surface area contributed by atoms with E-state index in [1.807, 2.05) is 27.7 Å². The van der Waals surface area contributed by atoms with Crippen LogP contribution in [0.5, 0.6) is 0 Å². The van der Waals surface area contributed by atoms with E-state index in [1.54, 1.807) is 22.5 Å². The number of fused-ring (bicyclic) bond motifs is 3. The summed E-state index contributed by atoms with van der Waals surface area (Å²) in [4.78, 5) is 0. The molecule has 1 nitrogen and oxygen atoms in total. The van der Waals surface area contributed by atoms with Crippen LogP contribution in [0, 0.1) is 0 Å². The fourth-order valence-corrected chi connectivity index (χ4v) is 3.01. The van der Waals surface area contributed by atoms with Gasteiger partial charge in [0.15, 0.2) is 0 Å². The molecule has 0 amide bonds. The molecule has 0 bridgehead atoms. The molecule has 0 radical (unpaired) electrons. The molecule has 1 heterocycles. The minimum atomic E-state index is 1.33. The van der Waals surface area contributed by atoms with Crippen molar-refractivity contribution in [3.8, 4) is 0 Å². The van der Waals surface area contributed by atoms with E-state index < -0.39 is 0 Å². The fourth-order valence-electron chi connectivity index (χ4n) is 3.01. The zero-order chi connectivity index (χ0) is 12.1. The van der Waals surface area contributed by atoms with Crippen LogP contribution >= 0.6 is 0 Å². The molecule has 0 saturated carbocycles. The van der Waals surface area contributed by atoms with Crippen LogP contribution in [0.4, 0.5) is 0 Å². The zero-order valence-electron chi connectivity index (χ0n) is 11.7. The quantitative estimate of drug-likeness (QED) is 0.623. The second-order valence-electron chi connectivity index (χ2n) is 4.12. The summed E-state index contributed by atoms with van der Waals surface area (Å²) in [5, 5.41) is 0. The monoisotopic (exact) mass is 221 g/mol. The van der Waals surface area contributed by atoms with E-state index in [0.29, 0.717) is 0 Å². The predicted molar refractivity (Wildman–Crippen MR) is 72.2 cm³/mol. The summed E-state index contributed by atoms with van der Waals surface area (Å²) in [6, 6.07) is 0. The Morgan fingerprint density at radius 2 is 1.06 bits per heavy atom. The molecule has 16 heavy (non-hydrogen) atoms. The van der Waals surface area contributed by atoms with E-state index in [-0.39, 0.29) is 0 Å². The van der Waals surface area contributed by atoms with Gasteiger partial charge < -0.3 is 4.57 Å². The van der Waals surface area contributed by atoms with Gasteiger partial charge in [-0.2, -0.15) is 0 Å². The molecule has 0 atom stereocenters. The Morgan fingerprint density at radius 3 is 1.44 bits per heavy atom. The smallest absolute Gasteiger partial charge is 0.0209 e. The lowest BCUT2D eigenvalue weighted by molar-refractivity contribution is 0.757. The number of hydrogen-bond acceptors (Lipinski definition) is 0. The van der Waals surface area contributed by atoms with E-state index in [1.165, 1.54) is 38.5 Å². The maximum atomic E-state index is 2.48. The van der Waals surface area contributed by atoms with E-state index in [0.717, 1.165) is 0 Å². The first kappa shape index (κ1) is 13.3. The molecular formula is C15H27N. The molecule has 0 unspecified atom stereocenters. The van der Waals surface area contributed by atoms with Crippen LogP contribution < -0.4 is 0 Å². The number of hydrogen-bond donors (Lipinski definition) is 0. The summed E-state index contributed by atoms with van der Waals surface area (Å²) in [5.41, 5.74) is 6.76. The van der Waals surface area contributed by atoms with Crippen molar-refractivity contribution in [1.29, 1.82) is 0 Å².